The molecule has 3 aliphatic rings. The number of methoxy groups -OCH3 is 1. The minimum Gasteiger partial charge on any atom is -0.488 e. The number of fused-ring (bicyclic) bond motifs is 1. The van der Waals surface area contributed by atoms with Crippen molar-refractivity contribution in [2.24, 2.45) is 17.3 Å². The van der Waals surface area contributed by atoms with Crippen LogP contribution in [-0.4, -0.2) is 30.3 Å². The van der Waals surface area contributed by atoms with E-state index < -0.39 is 23.0 Å². The van der Waals surface area contributed by atoms with Gasteiger partial charge >= 0.3 is 11.9 Å². The van der Waals surface area contributed by atoms with Crippen LogP contribution in [0.1, 0.15) is 57.1 Å². The Morgan fingerprint density at radius 2 is 1.84 bits per heavy atom. The van der Waals surface area contributed by atoms with Gasteiger partial charge in [0.25, 0.3) is 0 Å². The molecule has 2 aliphatic carbocycles. The molecule has 1 saturated carbocycles. The van der Waals surface area contributed by atoms with E-state index in [1.165, 1.54) is 7.11 Å². The van der Waals surface area contributed by atoms with Crippen molar-refractivity contribution >= 4 is 11.9 Å². The molecule has 4 atom stereocenters. The average Bonchev–Trinajstić information content (AvgIpc) is 3.19. The van der Waals surface area contributed by atoms with Gasteiger partial charge in [0.2, 0.25) is 0 Å². The van der Waals surface area contributed by atoms with Crippen LogP contribution in [0.25, 0.3) is 0 Å². The van der Waals surface area contributed by atoms with E-state index in [1.54, 1.807) is 0 Å². The summed E-state index contributed by atoms with van der Waals surface area (Å²) in [5, 5.41) is 0. The second kappa shape index (κ2) is 7.25. The first-order valence-corrected chi connectivity index (χ1v) is 11.0. The van der Waals surface area contributed by atoms with E-state index in [2.05, 4.69) is 13.2 Å². The summed E-state index contributed by atoms with van der Waals surface area (Å²) >= 11 is 0. The number of carbonyl (C=O) groups excluding carboxylic acids is 2. The summed E-state index contributed by atoms with van der Waals surface area (Å²) in [6, 6.07) is 5.92. The van der Waals surface area contributed by atoms with Gasteiger partial charge in [-0.25, -0.2) is 0 Å². The zero-order valence-electron chi connectivity index (χ0n) is 18.9. The minimum atomic E-state index is -1.37. The predicted octanol–water partition coefficient (Wildman–Crippen LogP) is 4.75. The summed E-state index contributed by atoms with van der Waals surface area (Å²) in [5.74, 6) is -0.614. The molecule has 2 unspecified atom stereocenters. The van der Waals surface area contributed by atoms with Crippen molar-refractivity contribution in [2.45, 2.75) is 63.6 Å². The molecule has 0 radical (unpaired) electrons. The zero-order valence-corrected chi connectivity index (χ0v) is 18.9. The Morgan fingerprint density at radius 1 is 1.19 bits per heavy atom. The first-order valence-electron chi connectivity index (χ1n) is 11.0. The number of esters is 2. The van der Waals surface area contributed by atoms with Gasteiger partial charge < -0.3 is 14.2 Å². The Morgan fingerprint density at radius 3 is 2.39 bits per heavy atom. The van der Waals surface area contributed by atoms with Gasteiger partial charge in [-0.15, -0.1) is 13.2 Å². The number of ether oxygens (including phenoxy) is 3. The van der Waals surface area contributed by atoms with Crippen molar-refractivity contribution in [3.05, 3.63) is 54.6 Å². The topological polar surface area (TPSA) is 61.8 Å². The molecule has 0 amide bonds. The largest absolute Gasteiger partial charge is 0.488 e. The molecule has 166 valence electrons. The van der Waals surface area contributed by atoms with Crippen molar-refractivity contribution < 1.29 is 23.8 Å². The quantitative estimate of drug-likeness (QED) is 0.388. The van der Waals surface area contributed by atoms with Crippen molar-refractivity contribution in [3.63, 3.8) is 0 Å². The summed E-state index contributed by atoms with van der Waals surface area (Å²) in [6.45, 7) is 13.9. The summed E-state index contributed by atoms with van der Waals surface area (Å²) in [7, 11) is 1.34. The molecule has 1 aromatic carbocycles. The zero-order chi connectivity index (χ0) is 22.6. The van der Waals surface area contributed by atoms with Crippen molar-refractivity contribution in [3.8, 4) is 5.75 Å². The van der Waals surface area contributed by atoms with Crippen LogP contribution in [0.4, 0.5) is 0 Å². The van der Waals surface area contributed by atoms with Crippen molar-refractivity contribution in [1.29, 1.82) is 0 Å². The molecule has 0 N–H and O–H groups in total. The molecule has 4 rings (SSSR count). The molecular weight excluding hydrogens is 392 g/mol. The van der Waals surface area contributed by atoms with Gasteiger partial charge in [0.05, 0.1) is 7.11 Å². The average molecular weight is 425 g/mol. The van der Waals surface area contributed by atoms with E-state index in [9.17, 15) is 9.59 Å². The van der Waals surface area contributed by atoms with Gasteiger partial charge in [-0.2, -0.15) is 0 Å². The summed E-state index contributed by atoms with van der Waals surface area (Å²) in [4.78, 5) is 26.7. The van der Waals surface area contributed by atoms with E-state index in [4.69, 9.17) is 14.2 Å². The van der Waals surface area contributed by atoms with Crippen LogP contribution in [-0.2, 0) is 25.5 Å². The van der Waals surface area contributed by atoms with E-state index in [-0.39, 0.29) is 29.8 Å². The second-order valence-electron chi connectivity index (χ2n) is 10.1. The van der Waals surface area contributed by atoms with E-state index in [0.29, 0.717) is 6.42 Å². The maximum Gasteiger partial charge on any atom is 0.324 e. The third-order valence-electron chi connectivity index (χ3n) is 7.30. The second-order valence-corrected chi connectivity index (χ2v) is 10.1. The lowest BCUT2D eigenvalue weighted by Crippen LogP contribution is -2.47. The Hall–Kier alpha value is -2.56. The van der Waals surface area contributed by atoms with Crippen LogP contribution < -0.4 is 4.74 Å². The summed E-state index contributed by atoms with van der Waals surface area (Å²) in [6.07, 6.45) is 6.34. The van der Waals surface area contributed by atoms with Crippen LogP contribution in [0.2, 0.25) is 0 Å². The molecule has 0 bridgehead atoms. The Bertz CT molecular complexity index is 924. The standard InChI is InChI=1S/C26H32O5/c1-7-17-10-11-18(8-2)26(17)15-25(22(27)29-6,23(28)31-26)21-13-16-9-12-19(14-20(16)21)30-24(3,4)5/h7-9,12,14,17-18,21H,1-2,10-11,13,15H2,3-6H3/t17-,18-,21?,25?/m1/s1. The molecule has 1 saturated heterocycles. The predicted molar refractivity (Wildman–Crippen MR) is 118 cm³/mol. The van der Waals surface area contributed by atoms with Crippen molar-refractivity contribution in [2.75, 3.05) is 7.11 Å². The molecule has 31 heavy (non-hydrogen) atoms. The number of hydrogen-bond acceptors (Lipinski definition) is 5. The normalized spacial score (nSPS) is 30.8. The van der Waals surface area contributed by atoms with Gasteiger partial charge in [-0.3, -0.25) is 9.59 Å². The fraction of sp³-hybridized carbons (Fsp3) is 0.538. The minimum absolute atomic E-state index is 0.0129. The SMILES string of the molecule is C=C[C@@H]1CC[C@@H](C=C)C12CC(C(=O)OC)(C1Cc3ccc(OC(C)(C)C)cc31)C(=O)O2. The monoisotopic (exact) mass is 424 g/mol. The Balaban J connectivity index is 1.77. The van der Waals surface area contributed by atoms with Crippen LogP contribution in [0, 0.1) is 17.3 Å². The highest BCUT2D eigenvalue weighted by atomic mass is 16.6. The van der Waals surface area contributed by atoms with E-state index in [0.717, 1.165) is 29.7 Å². The van der Waals surface area contributed by atoms with E-state index in [1.807, 2.05) is 51.1 Å². The van der Waals surface area contributed by atoms with Crippen molar-refractivity contribution in [1.82, 2.24) is 0 Å². The van der Waals surface area contributed by atoms with Gasteiger partial charge in [-0.1, -0.05) is 18.2 Å². The fourth-order valence-electron chi connectivity index (χ4n) is 5.86. The van der Waals surface area contributed by atoms with Gasteiger partial charge in [-0.05, 0) is 63.3 Å². The smallest absolute Gasteiger partial charge is 0.324 e. The highest BCUT2D eigenvalue weighted by Gasteiger charge is 2.70. The summed E-state index contributed by atoms with van der Waals surface area (Å²) in [5.41, 5.74) is -0.416. The molecule has 1 aromatic rings. The first kappa shape index (κ1) is 21.7. The van der Waals surface area contributed by atoms with E-state index >= 15 is 0 Å². The lowest BCUT2D eigenvalue weighted by Gasteiger charge is -2.41. The van der Waals surface area contributed by atoms with Gasteiger partial charge in [0.1, 0.15) is 17.0 Å². The van der Waals surface area contributed by atoms with Crippen LogP contribution >= 0.6 is 0 Å². The third-order valence-corrected chi connectivity index (χ3v) is 7.30. The molecule has 2 fully saturated rings. The van der Waals surface area contributed by atoms with Crippen LogP contribution in [0.15, 0.2) is 43.5 Å². The highest BCUT2D eigenvalue weighted by Crippen LogP contribution is 2.62. The number of hydrogen-bond donors (Lipinski definition) is 0. The third kappa shape index (κ3) is 3.12. The molecule has 5 nitrogen and oxygen atoms in total. The van der Waals surface area contributed by atoms with Crippen LogP contribution in [0.5, 0.6) is 5.75 Å². The molecule has 5 heteroatoms. The number of carbonyl (C=O) groups is 2. The maximum absolute atomic E-state index is 13.5. The molecule has 1 heterocycles. The Kier molecular flexibility index (Phi) is 5.07. The summed E-state index contributed by atoms with van der Waals surface area (Å²) < 4.78 is 17.4. The van der Waals surface area contributed by atoms with Crippen LogP contribution in [0.3, 0.4) is 0 Å². The highest BCUT2D eigenvalue weighted by molar-refractivity contribution is 6.03. The molecule has 0 aromatic heterocycles. The maximum atomic E-state index is 13.5. The lowest BCUT2D eigenvalue weighted by atomic mass is 9.58. The molecular formula is C26H32O5. The fourth-order valence-corrected chi connectivity index (χ4v) is 5.86. The molecule has 1 aliphatic heterocycles. The first-order chi connectivity index (χ1) is 14.6. The van der Waals surface area contributed by atoms with Gasteiger partial charge in [0.15, 0.2) is 5.41 Å². The Labute approximate surface area is 184 Å². The molecule has 1 spiro atoms. The number of rotatable bonds is 5. The number of benzene rings is 1. The van der Waals surface area contributed by atoms with Gasteiger partial charge in [0, 0.05) is 24.2 Å². The lowest BCUT2D eigenvalue weighted by molar-refractivity contribution is -0.167.